The highest BCUT2D eigenvalue weighted by molar-refractivity contribution is 6.30. The lowest BCUT2D eigenvalue weighted by molar-refractivity contribution is 0.101. The summed E-state index contributed by atoms with van der Waals surface area (Å²) < 4.78 is 10.8. The van der Waals surface area contributed by atoms with Crippen LogP contribution in [-0.4, -0.2) is 12.4 Å². The van der Waals surface area contributed by atoms with E-state index in [0.29, 0.717) is 22.1 Å². The van der Waals surface area contributed by atoms with Crippen molar-refractivity contribution in [3.63, 3.8) is 0 Å². The number of rotatable bonds is 3. The van der Waals surface area contributed by atoms with Gasteiger partial charge >= 0.3 is 0 Å². The average molecular weight is 312 g/mol. The van der Waals surface area contributed by atoms with Gasteiger partial charge in [0.15, 0.2) is 12.4 Å². The molecule has 22 heavy (non-hydrogen) atoms. The fraction of sp³-hybridized carbons (Fsp3) is 0.0588. The van der Waals surface area contributed by atoms with E-state index in [2.05, 4.69) is 0 Å². The lowest BCUT2D eigenvalue weighted by Gasteiger charge is -2.03. The van der Waals surface area contributed by atoms with E-state index in [1.54, 1.807) is 48.5 Å². The molecule has 0 amide bonds. The average Bonchev–Trinajstić information content (AvgIpc) is 2.83. The van der Waals surface area contributed by atoms with Gasteiger partial charge in [0.25, 0.3) is 0 Å². The molecule has 5 heteroatoms. The summed E-state index contributed by atoms with van der Waals surface area (Å²) in [5, 5.41) is 9.14. The summed E-state index contributed by atoms with van der Waals surface area (Å²) >= 11 is 5.83. The number of ether oxygens (including phenoxy) is 2. The zero-order valence-corrected chi connectivity index (χ0v) is 12.1. The monoisotopic (exact) mass is 311 g/mol. The molecule has 0 radical (unpaired) electrons. The third-order valence-corrected chi connectivity index (χ3v) is 3.36. The van der Waals surface area contributed by atoms with Crippen molar-refractivity contribution < 1.29 is 14.3 Å². The van der Waals surface area contributed by atoms with E-state index in [0.717, 1.165) is 5.56 Å². The summed E-state index contributed by atoms with van der Waals surface area (Å²) in [5.74, 6) is 0.980. The van der Waals surface area contributed by atoms with Crippen LogP contribution in [0.15, 0.2) is 48.2 Å². The molecule has 0 spiro atoms. The highest BCUT2D eigenvalue weighted by atomic mass is 35.5. The number of carbonyl (C=O) groups is 1. The molecule has 1 aliphatic heterocycles. The Morgan fingerprint density at radius 3 is 2.73 bits per heavy atom. The highest BCUT2D eigenvalue weighted by Crippen LogP contribution is 2.34. The second-order valence-corrected chi connectivity index (χ2v) is 5.03. The maximum absolute atomic E-state index is 12.3. The number of hydrogen-bond acceptors (Lipinski definition) is 4. The van der Waals surface area contributed by atoms with Crippen LogP contribution in [-0.2, 0) is 0 Å². The van der Waals surface area contributed by atoms with Crippen molar-refractivity contribution in [1.29, 1.82) is 5.26 Å². The van der Waals surface area contributed by atoms with E-state index in [-0.39, 0.29) is 18.1 Å². The summed E-state index contributed by atoms with van der Waals surface area (Å²) in [4.78, 5) is 12.3. The molecule has 108 valence electrons. The number of Topliss-reactive ketones (excluding diaryl/α,β-unsaturated/α-hetero) is 1. The van der Waals surface area contributed by atoms with E-state index in [4.69, 9.17) is 26.3 Å². The van der Waals surface area contributed by atoms with Crippen LogP contribution < -0.4 is 9.47 Å². The fourth-order valence-electron chi connectivity index (χ4n) is 2.08. The van der Waals surface area contributed by atoms with Gasteiger partial charge in [0.05, 0.1) is 5.56 Å². The number of nitrogens with zero attached hydrogens (tertiary/aromatic N) is 1. The zero-order chi connectivity index (χ0) is 15.5. The first-order valence-electron chi connectivity index (χ1n) is 6.51. The molecule has 1 aliphatic rings. The van der Waals surface area contributed by atoms with Gasteiger partial charge in [-0.1, -0.05) is 23.7 Å². The number of allylic oxidation sites excluding steroid dienone is 1. The summed E-state index contributed by atoms with van der Waals surface area (Å²) in [6.07, 6.45) is 1.66. The van der Waals surface area contributed by atoms with Crippen molar-refractivity contribution in [2.75, 3.05) is 6.61 Å². The smallest absolute Gasteiger partial charge is 0.231 e. The molecule has 0 unspecified atom stereocenters. The van der Waals surface area contributed by atoms with Crippen LogP contribution in [0, 0.1) is 11.3 Å². The third-order valence-electron chi connectivity index (χ3n) is 3.11. The SMILES string of the molecule is N#CCOc1ccc2c(c1)OC(=Cc1ccc(Cl)cc1)C2=O. The number of benzene rings is 2. The van der Waals surface area contributed by atoms with E-state index in [9.17, 15) is 4.79 Å². The molecule has 0 aromatic heterocycles. The maximum atomic E-state index is 12.3. The number of carbonyl (C=O) groups excluding carboxylic acids is 1. The Hall–Kier alpha value is -2.77. The minimum absolute atomic E-state index is 0.0554. The molecule has 2 aromatic rings. The number of ketones is 1. The zero-order valence-electron chi connectivity index (χ0n) is 11.4. The van der Waals surface area contributed by atoms with Crippen molar-refractivity contribution >= 4 is 23.5 Å². The Labute approximate surface area is 132 Å². The first-order valence-corrected chi connectivity index (χ1v) is 6.89. The maximum Gasteiger partial charge on any atom is 0.231 e. The lowest BCUT2D eigenvalue weighted by atomic mass is 10.1. The van der Waals surface area contributed by atoms with Gasteiger partial charge in [0.2, 0.25) is 5.78 Å². The first kappa shape index (κ1) is 14.2. The highest BCUT2D eigenvalue weighted by Gasteiger charge is 2.27. The predicted octanol–water partition coefficient (Wildman–Crippen LogP) is 3.86. The molecule has 0 saturated carbocycles. The van der Waals surface area contributed by atoms with Crippen LogP contribution >= 0.6 is 11.6 Å². The number of nitriles is 1. The van der Waals surface area contributed by atoms with E-state index < -0.39 is 0 Å². The van der Waals surface area contributed by atoms with E-state index in [1.165, 1.54) is 0 Å². The molecule has 0 saturated heterocycles. The first-order chi connectivity index (χ1) is 10.7. The minimum atomic E-state index is -0.184. The molecular weight excluding hydrogens is 302 g/mol. The quantitative estimate of drug-likeness (QED) is 0.808. The Bertz CT molecular complexity index is 804. The molecule has 0 atom stereocenters. The Morgan fingerprint density at radius 2 is 2.00 bits per heavy atom. The summed E-state index contributed by atoms with van der Waals surface area (Å²) in [7, 11) is 0. The van der Waals surface area contributed by atoms with Crippen molar-refractivity contribution in [2.45, 2.75) is 0 Å². The Balaban J connectivity index is 1.87. The van der Waals surface area contributed by atoms with Crippen molar-refractivity contribution in [3.8, 4) is 17.6 Å². The second-order valence-electron chi connectivity index (χ2n) is 4.60. The van der Waals surface area contributed by atoms with Gasteiger partial charge in [-0.3, -0.25) is 4.79 Å². The predicted molar refractivity (Wildman–Crippen MR) is 81.9 cm³/mol. The third kappa shape index (κ3) is 2.80. The second kappa shape index (κ2) is 5.92. The Kier molecular flexibility index (Phi) is 3.82. The molecule has 0 bridgehead atoms. The van der Waals surface area contributed by atoms with Gasteiger partial charge in [0, 0.05) is 11.1 Å². The van der Waals surface area contributed by atoms with Gasteiger partial charge in [-0.15, -0.1) is 0 Å². The molecule has 2 aromatic carbocycles. The van der Waals surface area contributed by atoms with Gasteiger partial charge in [-0.2, -0.15) is 5.26 Å². The standard InChI is InChI=1S/C17H10ClNO3/c18-12-3-1-11(2-4-12)9-16-17(20)14-6-5-13(21-8-7-19)10-15(14)22-16/h1-6,9-10H,8H2. The summed E-state index contributed by atoms with van der Waals surface area (Å²) in [6, 6.07) is 13.9. The molecule has 4 nitrogen and oxygen atoms in total. The van der Waals surface area contributed by atoms with Gasteiger partial charge in [0.1, 0.15) is 17.6 Å². The molecular formula is C17H10ClNO3. The van der Waals surface area contributed by atoms with Crippen molar-refractivity contribution in [3.05, 3.63) is 64.4 Å². The van der Waals surface area contributed by atoms with Crippen LogP contribution in [0.5, 0.6) is 11.5 Å². The summed E-state index contributed by atoms with van der Waals surface area (Å²) in [5.41, 5.74) is 1.30. The van der Waals surface area contributed by atoms with Crippen LogP contribution in [0.3, 0.4) is 0 Å². The molecule has 1 heterocycles. The largest absolute Gasteiger partial charge is 0.479 e. The van der Waals surface area contributed by atoms with E-state index in [1.807, 2.05) is 6.07 Å². The van der Waals surface area contributed by atoms with Gasteiger partial charge in [-0.25, -0.2) is 0 Å². The molecule has 3 rings (SSSR count). The van der Waals surface area contributed by atoms with Crippen molar-refractivity contribution in [2.24, 2.45) is 0 Å². The van der Waals surface area contributed by atoms with Crippen LogP contribution in [0.4, 0.5) is 0 Å². The lowest BCUT2D eigenvalue weighted by Crippen LogP contribution is -1.97. The molecule has 0 N–H and O–H groups in total. The molecule has 0 fully saturated rings. The fourth-order valence-corrected chi connectivity index (χ4v) is 2.21. The van der Waals surface area contributed by atoms with Gasteiger partial charge < -0.3 is 9.47 Å². The number of fused-ring (bicyclic) bond motifs is 1. The van der Waals surface area contributed by atoms with Gasteiger partial charge in [-0.05, 0) is 35.9 Å². The molecule has 0 aliphatic carbocycles. The van der Waals surface area contributed by atoms with Crippen LogP contribution in [0.1, 0.15) is 15.9 Å². The normalized spacial score (nSPS) is 14.4. The Morgan fingerprint density at radius 1 is 1.23 bits per heavy atom. The topological polar surface area (TPSA) is 59.3 Å². The number of hydrogen-bond donors (Lipinski definition) is 0. The van der Waals surface area contributed by atoms with Crippen LogP contribution in [0.2, 0.25) is 5.02 Å². The summed E-state index contributed by atoms with van der Waals surface area (Å²) in [6.45, 7) is -0.0554. The van der Waals surface area contributed by atoms with Crippen LogP contribution in [0.25, 0.3) is 6.08 Å². The number of halogens is 1. The van der Waals surface area contributed by atoms with Crippen molar-refractivity contribution in [1.82, 2.24) is 0 Å². The van der Waals surface area contributed by atoms with E-state index >= 15 is 0 Å². The minimum Gasteiger partial charge on any atom is -0.479 e.